The van der Waals surface area contributed by atoms with Gasteiger partial charge < -0.3 is 5.32 Å². The van der Waals surface area contributed by atoms with E-state index in [-0.39, 0.29) is 0 Å². The summed E-state index contributed by atoms with van der Waals surface area (Å²) in [6.07, 6.45) is 48.0. The molecule has 0 amide bonds. The van der Waals surface area contributed by atoms with E-state index in [2.05, 4.69) is 19.2 Å². The van der Waals surface area contributed by atoms with E-state index in [9.17, 15) is 65.9 Å². The molecule has 1 heterocycles. The minimum absolute atomic E-state index is 0.554. The smallest absolute Gasteiger partial charge is 0.265 e. The molecule has 73 heavy (non-hydrogen) atoms. The zero-order chi connectivity index (χ0) is 53.9. The van der Waals surface area contributed by atoms with Crippen LogP contribution < -0.4 is 21.7 Å². The number of benzene rings is 3. The Morgan fingerprint density at radius 1 is 0.301 bits per heavy atom. The van der Waals surface area contributed by atoms with Crippen LogP contribution in [0.5, 0.6) is 0 Å². The van der Waals surface area contributed by atoms with Gasteiger partial charge in [-0.15, -0.1) is 0 Å². The maximum atomic E-state index is 14.4. The molecule has 3 aromatic rings. The molecule has 1 aliphatic rings. The number of hydrogen-bond acceptors (Lipinski definition) is 2. The Kier molecular flexibility index (Phi) is 30.1. The third kappa shape index (κ3) is 19.3. The number of nitrogens with zero attached hydrogens (tertiary/aromatic N) is 1. The van der Waals surface area contributed by atoms with Gasteiger partial charge in [0.1, 0.15) is 0 Å². The highest BCUT2D eigenvalue weighted by atomic mass is 19.2. The van der Waals surface area contributed by atoms with Crippen LogP contribution in [0.25, 0.3) is 0 Å². The van der Waals surface area contributed by atoms with Crippen molar-refractivity contribution in [3.63, 3.8) is 0 Å². The van der Waals surface area contributed by atoms with Crippen LogP contribution >= 0.6 is 0 Å². The SMILES string of the molecule is CCCCCCCCCCCCCCCCCC1N=CNC1CCCCCCCCCCCCCCCCC.Fc1c(F)c(F)c(B(c2c(F)c(F)c(F)c(F)c2F)c2c(F)c(F)c(F)c(F)c2F)c(F)c1F. The summed E-state index contributed by atoms with van der Waals surface area (Å²) in [6, 6.07) is 1.18. The van der Waals surface area contributed by atoms with Crippen molar-refractivity contribution in [1.29, 1.82) is 0 Å². The molecule has 3 aromatic carbocycles. The van der Waals surface area contributed by atoms with Crippen LogP contribution in [0.2, 0.25) is 0 Å². The number of hydrogen-bond donors (Lipinski definition) is 1. The highest BCUT2D eigenvalue weighted by Gasteiger charge is 2.45. The average molecular weight is 1060 g/mol. The van der Waals surface area contributed by atoms with Crippen molar-refractivity contribution >= 4 is 29.4 Å². The second kappa shape index (κ2) is 34.7. The van der Waals surface area contributed by atoms with Crippen molar-refractivity contribution in [1.82, 2.24) is 5.32 Å². The molecule has 0 aliphatic carbocycles. The van der Waals surface area contributed by atoms with Crippen LogP contribution in [-0.2, 0) is 0 Å². The molecule has 4 rings (SSSR count). The summed E-state index contributed by atoms with van der Waals surface area (Å²) in [5.41, 5.74) is -8.03. The Bertz CT molecular complexity index is 1890. The third-order valence-corrected chi connectivity index (χ3v) is 13.8. The summed E-state index contributed by atoms with van der Waals surface area (Å²) in [5, 5.41) is 3.57. The van der Waals surface area contributed by atoms with Crippen molar-refractivity contribution in [2.45, 2.75) is 231 Å². The Morgan fingerprint density at radius 3 is 0.753 bits per heavy atom. The number of rotatable bonds is 35. The summed E-state index contributed by atoms with van der Waals surface area (Å²) in [5.74, 6) is -45.2. The molecule has 0 bridgehead atoms. The highest BCUT2D eigenvalue weighted by molar-refractivity contribution is 6.95. The van der Waals surface area contributed by atoms with Crippen LogP contribution in [0.15, 0.2) is 4.99 Å². The summed E-state index contributed by atoms with van der Waals surface area (Å²) in [6.45, 7) is 0.651. The predicted octanol–water partition coefficient (Wildman–Crippen LogP) is 17.2. The molecule has 2 nitrogen and oxygen atoms in total. The monoisotopic (exact) mass is 1060 g/mol. The van der Waals surface area contributed by atoms with Crippen molar-refractivity contribution < 1.29 is 65.9 Å². The maximum absolute atomic E-state index is 14.4. The van der Waals surface area contributed by atoms with Crippen molar-refractivity contribution in [3.8, 4) is 0 Å². The van der Waals surface area contributed by atoms with Gasteiger partial charge in [0, 0.05) is 22.4 Å². The lowest BCUT2D eigenvalue weighted by Gasteiger charge is -2.21. The summed E-state index contributed by atoms with van der Waals surface area (Å²) in [7, 11) is 0. The first kappa shape index (κ1) is 63.4. The third-order valence-electron chi connectivity index (χ3n) is 13.8. The Labute approximate surface area is 423 Å². The molecule has 0 saturated heterocycles. The fourth-order valence-corrected chi connectivity index (χ4v) is 9.52. The van der Waals surface area contributed by atoms with Crippen molar-refractivity contribution in [3.05, 3.63) is 87.3 Å². The quantitative estimate of drug-likeness (QED) is 0.0205. The molecule has 0 saturated carbocycles. The van der Waals surface area contributed by atoms with E-state index in [4.69, 9.17) is 4.99 Å². The van der Waals surface area contributed by atoms with Crippen LogP contribution in [0.4, 0.5) is 65.9 Å². The van der Waals surface area contributed by atoms with Crippen LogP contribution in [-0.4, -0.2) is 25.1 Å². The van der Waals surface area contributed by atoms with Gasteiger partial charge in [-0.1, -0.05) is 206 Å². The first-order chi connectivity index (χ1) is 35.0. The standard InChI is InChI=1S/C37H74N2.C18BF15/c1-3-5-7-9-11-13-15-17-19-21-23-25-27-29-31-33-36-37(39-35-38-36)34-32-30-28-26-24-22-20-18-16-14-12-10-8-6-4-2;20-4-1(5(21)11(27)16(32)10(4)26)19(2-6(22)12(28)17(33)13(29)7(2)23)3-8(24)14(30)18(34)15(31)9(3)25/h35-37H,3-34H2,1-2H3,(H,38,39);. The molecule has 0 spiro atoms. The zero-order valence-electron chi connectivity index (χ0n) is 42.6. The lowest BCUT2D eigenvalue weighted by molar-refractivity contribution is 0.380. The van der Waals surface area contributed by atoms with Crippen molar-refractivity contribution in [2.75, 3.05) is 0 Å². The van der Waals surface area contributed by atoms with Gasteiger partial charge in [0.25, 0.3) is 6.71 Å². The van der Waals surface area contributed by atoms with Gasteiger partial charge in [0.05, 0.1) is 12.4 Å². The van der Waals surface area contributed by atoms with E-state index in [1.54, 1.807) is 0 Å². The highest BCUT2D eigenvalue weighted by Crippen LogP contribution is 2.25. The average Bonchev–Trinajstić information content (AvgIpc) is 3.84. The minimum atomic E-state index is -3.96. The van der Waals surface area contributed by atoms with Gasteiger partial charge >= 0.3 is 0 Å². The molecule has 2 unspecified atom stereocenters. The van der Waals surface area contributed by atoms with E-state index in [0.717, 1.165) is 0 Å². The zero-order valence-corrected chi connectivity index (χ0v) is 42.6. The number of nitrogens with one attached hydrogen (secondary N) is 1. The molecule has 412 valence electrons. The Balaban J connectivity index is 0.000000388. The number of unbranched alkanes of at least 4 members (excludes halogenated alkanes) is 28. The molecular formula is C55H74BF15N2. The molecule has 0 fully saturated rings. The first-order valence-corrected chi connectivity index (χ1v) is 26.9. The predicted molar refractivity (Wildman–Crippen MR) is 262 cm³/mol. The van der Waals surface area contributed by atoms with Crippen LogP contribution in [0.3, 0.4) is 0 Å². The van der Waals surface area contributed by atoms with E-state index in [1.165, 1.54) is 205 Å². The van der Waals surface area contributed by atoms with Gasteiger partial charge in [-0.25, -0.2) is 65.9 Å². The molecule has 2 atom stereocenters. The Morgan fingerprint density at radius 2 is 0.507 bits per heavy atom. The lowest BCUT2D eigenvalue weighted by Crippen LogP contribution is -2.60. The molecule has 0 radical (unpaired) electrons. The van der Waals surface area contributed by atoms with E-state index in [0.29, 0.717) is 12.1 Å². The maximum Gasteiger partial charge on any atom is 0.265 e. The molecular weight excluding hydrogens is 984 g/mol. The molecule has 1 N–H and O–H groups in total. The van der Waals surface area contributed by atoms with Gasteiger partial charge in [0.15, 0.2) is 87.3 Å². The largest absolute Gasteiger partial charge is 0.372 e. The van der Waals surface area contributed by atoms with E-state index >= 15 is 0 Å². The van der Waals surface area contributed by atoms with Gasteiger partial charge in [-0.05, 0) is 12.8 Å². The normalized spacial score (nSPS) is 14.3. The van der Waals surface area contributed by atoms with Gasteiger partial charge in [0.2, 0.25) is 0 Å². The summed E-state index contributed by atoms with van der Waals surface area (Å²) in [4.78, 5) is 4.77. The number of halogens is 15. The molecule has 1 aliphatic heterocycles. The second-order valence-corrected chi connectivity index (χ2v) is 19.5. The first-order valence-electron chi connectivity index (χ1n) is 26.9. The van der Waals surface area contributed by atoms with E-state index < -0.39 is 110 Å². The van der Waals surface area contributed by atoms with Gasteiger partial charge in [-0.2, -0.15) is 0 Å². The Hall–Kier alpha value is -3.86. The van der Waals surface area contributed by atoms with Crippen LogP contribution in [0, 0.1) is 87.3 Å². The fourth-order valence-electron chi connectivity index (χ4n) is 9.52. The van der Waals surface area contributed by atoms with Crippen molar-refractivity contribution in [2.24, 2.45) is 4.99 Å². The van der Waals surface area contributed by atoms with Gasteiger partial charge in [-0.3, -0.25) is 4.99 Å². The van der Waals surface area contributed by atoms with E-state index in [1.807, 2.05) is 6.34 Å². The summed E-state index contributed by atoms with van der Waals surface area (Å²) >= 11 is 0. The number of aliphatic imine (C=N–C) groups is 1. The van der Waals surface area contributed by atoms with Crippen LogP contribution in [0.1, 0.15) is 219 Å². The molecule has 18 heteroatoms. The molecule has 0 aromatic heterocycles. The minimum Gasteiger partial charge on any atom is -0.372 e. The topological polar surface area (TPSA) is 24.4 Å². The summed E-state index contributed by atoms with van der Waals surface area (Å²) < 4.78 is 209. The second-order valence-electron chi connectivity index (χ2n) is 19.5. The lowest BCUT2D eigenvalue weighted by atomic mass is 9.36. The fraction of sp³-hybridized carbons (Fsp3) is 0.655.